The van der Waals surface area contributed by atoms with Gasteiger partial charge in [0.05, 0.1) is 0 Å². The monoisotopic (exact) mass is 231 g/mol. The Morgan fingerprint density at radius 2 is 1.71 bits per heavy atom. The van der Waals surface area contributed by atoms with Crippen molar-refractivity contribution in [2.24, 2.45) is 11.7 Å². The normalized spacial score (nSPS) is 26.8. The van der Waals surface area contributed by atoms with Crippen molar-refractivity contribution in [3.63, 3.8) is 0 Å². The average molecular weight is 231 g/mol. The summed E-state index contributed by atoms with van der Waals surface area (Å²) >= 11 is 0. The first-order chi connectivity index (χ1) is 8.20. The molecule has 0 amide bonds. The van der Waals surface area contributed by atoms with Gasteiger partial charge in [0, 0.05) is 6.04 Å². The lowest BCUT2D eigenvalue weighted by molar-refractivity contribution is 0.277. The van der Waals surface area contributed by atoms with Crippen LogP contribution >= 0.6 is 0 Å². The van der Waals surface area contributed by atoms with Gasteiger partial charge in [-0.2, -0.15) is 0 Å². The Balaban J connectivity index is 1.93. The van der Waals surface area contributed by atoms with Crippen molar-refractivity contribution in [3.05, 3.63) is 35.4 Å². The van der Waals surface area contributed by atoms with Crippen molar-refractivity contribution in [3.8, 4) is 0 Å². The van der Waals surface area contributed by atoms with E-state index < -0.39 is 0 Å². The molecule has 0 saturated heterocycles. The molecule has 1 fully saturated rings. The standard InChI is InChI=1S/C16H25N/c1-3-16(17)15-10-8-14(9-11-15)13-6-4-12(2)5-7-13/h4-7,14-16H,3,8-11,17H2,1-2H3. The van der Waals surface area contributed by atoms with Crippen LogP contribution in [0.4, 0.5) is 0 Å². The SMILES string of the molecule is CCC(N)C1CCC(c2ccc(C)cc2)CC1. The minimum atomic E-state index is 0.425. The molecule has 1 aromatic rings. The third-order valence-corrected chi connectivity index (χ3v) is 4.40. The summed E-state index contributed by atoms with van der Waals surface area (Å²) in [4.78, 5) is 0. The van der Waals surface area contributed by atoms with Gasteiger partial charge in [-0.25, -0.2) is 0 Å². The Labute approximate surface area is 105 Å². The van der Waals surface area contributed by atoms with Gasteiger partial charge >= 0.3 is 0 Å². The number of aryl methyl sites for hydroxylation is 1. The Morgan fingerprint density at radius 3 is 2.24 bits per heavy atom. The van der Waals surface area contributed by atoms with E-state index in [1.165, 1.54) is 36.8 Å². The van der Waals surface area contributed by atoms with E-state index in [9.17, 15) is 0 Å². The maximum absolute atomic E-state index is 6.15. The summed E-state index contributed by atoms with van der Waals surface area (Å²) in [6.07, 6.45) is 6.39. The van der Waals surface area contributed by atoms with Crippen molar-refractivity contribution in [2.75, 3.05) is 0 Å². The van der Waals surface area contributed by atoms with E-state index in [1.807, 2.05) is 0 Å². The predicted octanol–water partition coefficient (Wildman–Crippen LogP) is 4.01. The number of hydrogen-bond donors (Lipinski definition) is 1. The summed E-state index contributed by atoms with van der Waals surface area (Å²) in [5.41, 5.74) is 9.04. The molecule has 1 atom stereocenters. The van der Waals surface area contributed by atoms with E-state index in [2.05, 4.69) is 38.1 Å². The van der Waals surface area contributed by atoms with Crippen LogP contribution in [-0.2, 0) is 0 Å². The van der Waals surface area contributed by atoms with Gasteiger partial charge in [-0.1, -0.05) is 36.8 Å². The first-order valence-electron chi connectivity index (χ1n) is 7.03. The molecule has 1 aliphatic carbocycles. The van der Waals surface area contributed by atoms with Crippen molar-refractivity contribution in [2.45, 2.75) is 57.9 Å². The van der Waals surface area contributed by atoms with Gasteiger partial charge in [-0.05, 0) is 56.4 Å². The first-order valence-corrected chi connectivity index (χ1v) is 7.03. The summed E-state index contributed by atoms with van der Waals surface area (Å²) in [6, 6.07) is 9.51. The zero-order chi connectivity index (χ0) is 12.3. The molecular formula is C16H25N. The second-order valence-corrected chi connectivity index (χ2v) is 5.59. The largest absolute Gasteiger partial charge is 0.327 e. The lowest BCUT2D eigenvalue weighted by atomic mass is 9.75. The van der Waals surface area contributed by atoms with E-state index in [4.69, 9.17) is 5.73 Å². The zero-order valence-corrected chi connectivity index (χ0v) is 11.2. The number of nitrogens with two attached hydrogens (primary N) is 1. The van der Waals surface area contributed by atoms with Crippen LogP contribution in [0, 0.1) is 12.8 Å². The van der Waals surface area contributed by atoms with Gasteiger partial charge < -0.3 is 5.73 Å². The minimum absolute atomic E-state index is 0.425. The van der Waals surface area contributed by atoms with Crippen molar-refractivity contribution in [1.29, 1.82) is 0 Å². The number of rotatable bonds is 3. The number of benzene rings is 1. The molecule has 0 heterocycles. The first kappa shape index (κ1) is 12.6. The van der Waals surface area contributed by atoms with E-state index in [0.29, 0.717) is 6.04 Å². The molecule has 17 heavy (non-hydrogen) atoms. The molecule has 1 saturated carbocycles. The minimum Gasteiger partial charge on any atom is -0.327 e. The van der Waals surface area contributed by atoms with Crippen LogP contribution in [0.2, 0.25) is 0 Å². The van der Waals surface area contributed by atoms with Crippen molar-refractivity contribution >= 4 is 0 Å². The second-order valence-electron chi connectivity index (χ2n) is 5.59. The van der Waals surface area contributed by atoms with E-state index in [0.717, 1.165) is 18.3 Å². The molecule has 0 bridgehead atoms. The molecule has 0 aromatic heterocycles. The lowest BCUT2D eigenvalue weighted by Crippen LogP contribution is -2.32. The fourth-order valence-electron chi connectivity index (χ4n) is 3.05. The highest BCUT2D eigenvalue weighted by atomic mass is 14.6. The van der Waals surface area contributed by atoms with Crippen LogP contribution in [0.5, 0.6) is 0 Å². The van der Waals surface area contributed by atoms with Crippen molar-refractivity contribution in [1.82, 2.24) is 0 Å². The molecule has 2 N–H and O–H groups in total. The van der Waals surface area contributed by atoms with Gasteiger partial charge in [-0.15, -0.1) is 0 Å². The molecule has 1 aromatic carbocycles. The highest BCUT2D eigenvalue weighted by molar-refractivity contribution is 5.24. The average Bonchev–Trinajstić information content (AvgIpc) is 2.39. The van der Waals surface area contributed by atoms with E-state index >= 15 is 0 Å². The van der Waals surface area contributed by atoms with Crippen LogP contribution in [0.1, 0.15) is 56.1 Å². The van der Waals surface area contributed by atoms with Gasteiger partial charge in [-0.3, -0.25) is 0 Å². The maximum Gasteiger partial charge on any atom is 0.00645 e. The fourth-order valence-corrected chi connectivity index (χ4v) is 3.05. The Kier molecular flexibility index (Phi) is 4.22. The fraction of sp³-hybridized carbons (Fsp3) is 0.625. The Morgan fingerprint density at radius 1 is 1.12 bits per heavy atom. The summed E-state index contributed by atoms with van der Waals surface area (Å²) in [6.45, 7) is 4.36. The van der Waals surface area contributed by atoms with Crippen LogP contribution in [-0.4, -0.2) is 6.04 Å². The van der Waals surface area contributed by atoms with Gasteiger partial charge in [0.2, 0.25) is 0 Å². The van der Waals surface area contributed by atoms with E-state index in [-0.39, 0.29) is 0 Å². The van der Waals surface area contributed by atoms with Crippen LogP contribution in [0.15, 0.2) is 24.3 Å². The summed E-state index contributed by atoms with van der Waals surface area (Å²) in [7, 11) is 0. The highest BCUT2D eigenvalue weighted by Crippen LogP contribution is 2.37. The Bertz CT molecular complexity index is 333. The molecule has 1 unspecified atom stereocenters. The molecule has 1 nitrogen and oxygen atoms in total. The highest BCUT2D eigenvalue weighted by Gasteiger charge is 2.25. The topological polar surface area (TPSA) is 26.0 Å². The summed E-state index contributed by atoms with van der Waals surface area (Å²) in [5.74, 6) is 1.54. The smallest absolute Gasteiger partial charge is 0.00645 e. The second kappa shape index (κ2) is 5.68. The zero-order valence-electron chi connectivity index (χ0n) is 11.2. The molecule has 94 valence electrons. The Hall–Kier alpha value is -0.820. The molecule has 0 radical (unpaired) electrons. The molecule has 1 aliphatic rings. The molecule has 0 spiro atoms. The van der Waals surface area contributed by atoms with E-state index in [1.54, 1.807) is 0 Å². The molecule has 0 aliphatic heterocycles. The van der Waals surface area contributed by atoms with Gasteiger partial charge in [0.15, 0.2) is 0 Å². The van der Waals surface area contributed by atoms with Crippen LogP contribution in [0.25, 0.3) is 0 Å². The third-order valence-electron chi connectivity index (χ3n) is 4.40. The van der Waals surface area contributed by atoms with Crippen LogP contribution in [0.3, 0.4) is 0 Å². The molecule has 2 rings (SSSR count). The summed E-state index contributed by atoms with van der Waals surface area (Å²) < 4.78 is 0. The molecular weight excluding hydrogens is 206 g/mol. The van der Waals surface area contributed by atoms with Crippen molar-refractivity contribution < 1.29 is 0 Å². The van der Waals surface area contributed by atoms with Gasteiger partial charge in [0.1, 0.15) is 0 Å². The lowest BCUT2D eigenvalue weighted by Gasteiger charge is -2.32. The van der Waals surface area contributed by atoms with Gasteiger partial charge in [0.25, 0.3) is 0 Å². The number of hydrogen-bond acceptors (Lipinski definition) is 1. The maximum atomic E-state index is 6.15. The van der Waals surface area contributed by atoms with Crippen LogP contribution < -0.4 is 5.73 Å². The quantitative estimate of drug-likeness (QED) is 0.836. The summed E-state index contributed by atoms with van der Waals surface area (Å²) in [5, 5.41) is 0. The third kappa shape index (κ3) is 3.10. The predicted molar refractivity (Wildman–Crippen MR) is 74.1 cm³/mol. The molecule has 1 heteroatoms.